The molecule has 0 bridgehead atoms. The fourth-order valence-corrected chi connectivity index (χ4v) is 12.9. The van der Waals surface area contributed by atoms with Crippen molar-refractivity contribution >= 4 is 49.3 Å². The summed E-state index contributed by atoms with van der Waals surface area (Å²) in [6, 6.07) is 21.8. The van der Waals surface area contributed by atoms with E-state index < -0.39 is 38.1 Å². The smallest absolute Gasteiger partial charge is 0.268 e. The molecule has 11 rings (SSSR count). The molecule has 3 aromatic carbocycles. The Morgan fingerprint density at radius 3 is 2.53 bits per heavy atom. The van der Waals surface area contributed by atoms with Crippen LogP contribution >= 0.6 is 0 Å². The number of amides is 1. The Morgan fingerprint density at radius 1 is 0.973 bits per heavy atom. The van der Waals surface area contributed by atoms with E-state index in [0.717, 1.165) is 74.9 Å². The van der Waals surface area contributed by atoms with E-state index in [2.05, 4.69) is 79.0 Å². The molecule has 4 aliphatic rings. The Bertz CT molecular complexity index is 3330. The maximum atomic E-state index is 16.7. The van der Waals surface area contributed by atoms with Crippen LogP contribution in [0.25, 0.3) is 22.0 Å². The number of halogens is 2. The summed E-state index contributed by atoms with van der Waals surface area (Å²) in [5.74, 6) is -1.30. The number of hydrogen-bond donors (Lipinski definition) is 4. The van der Waals surface area contributed by atoms with E-state index in [-0.39, 0.29) is 83.5 Å². The fraction of sp³-hybridized carbons (Fsp3) is 0.411. The summed E-state index contributed by atoms with van der Waals surface area (Å²) in [5, 5.41) is 14.8. The van der Waals surface area contributed by atoms with Crippen LogP contribution in [0.5, 0.6) is 23.1 Å². The maximum absolute atomic E-state index is 16.7. The van der Waals surface area contributed by atoms with Gasteiger partial charge < -0.3 is 38.9 Å². The van der Waals surface area contributed by atoms with Gasteiger partial charge in [-0.05, 0) is 78.0 Å². The number of carbonyl (C=O) groups is 1. The van der Waals surface area contributed by atoms with E-state index in [0.29, 0.717) is 36.6 Å². The molecule has 1 atom stereocenters. The number of nitrogens with one attached hydrogen (secondary N) is 3. The molecule has 4 aromatic heterocycles. The van der Waals surface area contributed by atoms with Gasteiger partial charge >= 0.3 is 0 Å². The number of furan rings is 1. The highest BCUT2D eigenvalue weighted by molar-refractivity contribution is 7.90. The van der Waals surface area contributed by atoms with Gasteiger partial charge in [0, 0.05) is 125 Å². The van der Waals surface area contributed by atoms with Gasteiger partial charge in [0.2, 0.25) is 5.88 Å². The number of fused-ring (bicyclic) bond motifs is 2. The van der Waals surface area contributed by atoms with Crippen LogP contribution in [0.3, 0.4) is 0 Å². The van der Waals surface area contributed by atoms with Crippen molar-refractivity contribution in [2.24, 2.45) is 5.41 Å². The number of piperazine rings is 1. The highest BCUT2D eigenvalue weighted by Gasteiger charge is 2.50. The lowest BCUT2D eigenvalue weighted by atomic mass is 9.59. The molecule has 16 nitrogen and oxygen atoms in total. The monoisotopic (exact) mass is 1040 g/mol. The Balaban J connectivity index is 0.811. The predicted octanol–water partition coefficient (Wildman–Crippen LogP) is 9.83. The topological polar surface area (TPSA) is 188 Å². The van der Waals surface area contributed by atoms with Crippen molar-refractivity contribution in [2.75, 3.05) is 69.8 Å². The maximum Gasteiger partial charge on any atom is 0.268 e. The first kappa shape index (κ1) is 50.4. The van der Waals surface area contributed by atoms with Crippen molar-refractivity contribution in [2.45, 2.75) is 87.5 Å². The lowest BCUT2D eigenvalue weighted by molar-refractivity contribution is -0.0628. The molecule has 7 heterocycles. The summed E-state index contributed by atoms with van der Waals surface area (Å²) in [6.07, 6.45) is 10.4. The second-order valence-corrected chi connectivity index (χ2v) is 22.7. The number of alkyl halides is 1. The predicted molar refractivity (Wildman–Crippen MR) is 280 cm³/mol. The number of nitrogens with zero attached hydrogens (tertiary/aromatic N) is 5. The number of H-pyrrole nitrogens is 1. The number of aromatic nitrogens is 3. The van der Waals surface area contributed by atoms with Crippen LogP contribution < -0.4 is 24.4 Å². The standard InChI is InChI=1S/C56H62F2N8O8S/c1-35(2)40-6-4-5-7-41(40)46-33-64(32-36-8-9-50(71-3)60-30-36)19-20-66(46)38-28-55(29-38)12-17-65(18-13-55)45-26-48(74-39-24-37-10-16-59-53(37)61-31-39)43(25-44(45)57)54(68)63-75(69,70)49-27-47(67)51(52-42(49)11-21-73-52)62-34-56(58)14-22-72-23-15-56/h4-11,16,21,24-27,30-31,35,38,46,62,67H,12-15,17-20,22-23,28-29,32-34H2,1-3H3,(H,59,61)(H,63,68)/t46-/m0/s1. The molecule has 0 radical (unpaired) electrons. The molecule has 1 saturated carbocycles. The molecule has 1 aliphatic carbocycles. The number of sulfonamides is 1. The fourth-order valence-electron chi connectivity index (χ4n) is 11.8. The first-order chi connectivity index (χ1) is 36.2. The number of aromatic amines is 1. The van der Waals surface area contributed by atoms with Gasteiger partial charge in [0.25, 0.3) is 15.9 Å². The zero-order valence-electron chi connectivity index (χ0n) is 42.3. The van der Waals surface area contributed by atoms with Crippen LogP contribution in [0.15, 0.2) is 107 Å². The third-order valence-corrected chi connectivity index (χ3v) is 17.3. The number of ether oxygens (including phenoxy) is 3. The van der Waals surface area contributed by atoms with E-state index >= 15 is 8.78 Å². The van der Waals surface area contributed by atoms with Gasteiger partial charge in [-0.2, -0.15) is 0 Å². The third kappa shape index (κ3) is 10.2. The molecule has 394 valence electrons. The number of aromatic hydroxyl groups is 1. The molecule has 3 saturated heterocycles. The minimum atomic E-state index is -4.77. The number of piperidine rings is 1. The number of rotatable bonds is 15. The second-order valence-electron chi connectivity index (χ2n) is 21.0. The third-order valence-electron chi connectivity index (χ3n) is 15.9. The number of carbonyl (C=O) groups excluding carboxylic acids is 1. The van der Waals surface area contributed by atoms with E-state index in [1.54, 1.807) is 25.4 Å². The molecule has 4 N–H and O–H groups in total. The molecule has 7 aromatic rings. The van der Waals surface area contributed by atoms with E-state index in [1.807, 2.05) is 17.2 Å². The highest BCUT2D eigenvalue weighted by atomic mass is 32.2. The molecule has 1 amide bonds. The normalized spacial score (nSPS) is 19.4. The van der Waals surface area contributed by atoms with Crippen molar-refractivity contribution in [1.82, 2.24) is 29.5 Å². The molecular weight excluding hydrogens is 983 g/mol. The van der Waals surface area contributed by atoms with Crippen LogP contribution in [0.1, 0.15) is 91.4 Å². The number of pyridine rings is 2. The van der Waals surface area contributed by atoms with Crippen molar-refractivity contribution in [3.05, 3.63) is 126 Å². The molecule has 4 fully saturated rings. The van der Waals surface area contributed by atoms with Crippen molar-refractivity contribution in [1.29, 1.82) is 0 Å². The van der Waals surface area contributed by atoms with Gasteiger partial charge in [-0.25, -0.2) is 31.9 Å². The quantitative estimate of drug-likeness (QED) is 0.0711. The lowest BCUT2D eigenvalue weighted by Gasteiger charge is -2.58. The lowest BCUT2D eigenvalue weighted by Crippen LogP contribution is -2.60. The molecule has 1 spiro atoms. The SMILES string of the molecule is COc1ccc(CN2CCN(C3CC4(CCN(c5cc(Oc6cnc7[nH]ccc7c6)c(C(=O)NS(=O)(=O)c6cc(O)c(NCC7(F)CCOCC7)c7occc67)cc5F)CC4)C3)[C@H](c3ccccc3C(C)C)C2)cn1. The van der Waals surface area contributed by atoms with Crippen LogP contribution in [0.2, 0.25) is 0 Å². The number of methoxy groups -OCH3 is 1. The van der Waals surface area contributed by atoms with Gasteiger partial charge in [-0.1, -0.05) is 44.2 Å². The first-order valence-corrected chi connectivity index (χ1v) is 27.2. The van der Waals surface area contributed by atoms with E-state index in [4.69, 9.17) is 18.6 Å². The second kappa shape index (κ2) is 20.4. The van der Waals surface area contributed by atoms with Crippen molar-refractivity contribution < 1.29 is 45.7 Å². The highest BCUT2D eigenvalue weighted by Crippen LogP contribution is 2.54. The largest absolute Gasteiger partial charge is 0.506 e. The van der Waals surface area contributed by atoms with E-state index in [1.165, 1.54) is 35.7 Å². The van der Waals surface area contributed by atoms with Crippen LogP contribution in [0, 0.1) is 11.2 Å². The van der Waals surface area contributed by atoms with Gasteiger partial charge in [-0.15, -0.1) is 0 Å². The summed E-state index contributed by atoms with van der Waals surface area (Å²) in [5.41, 5.74) is 2.77. The first-order valence-electron chi connectivity index (χ1n) is 25.7. The minimum Gasteiger partial charge on any atom is -0.506 e. The Hall–Kier alpha value is -6.80. The van der Waals surface area contributed by atoms with Gasteiger partial charge in [0.05, 0.1) is 30.8 Å². The van der Waals surface area contributed by atoms with Crippen molar-refractivity contribution in [3.63, 3.8) is 0 Å². The number of hydrogen-bond acceptors (Lipinski definition) is 14. The average molecular weight is 1050 g/mol. The summed E-state index contributed by atoms with van der Waals surface area (Å²) in [7, 11) is -3.14. The minimum absolute atomic E-state index is 0.00311. The van der Waals surface area contributed by atoms with Crippen molar-refractivity contribution in [3.8, 4) is 23.1 Å². The van der Waals surface area contributed by atoms with Crippen LogP contribution in [-0.2, 0) is 21.3 Å². The van der Waals surface area contributed by atoms with Gasteiger partial charge in [-0.3, -0.25) is 14.6 Å². The molecule has 3 aliphatic heterocycles. The van der Waals surface area contributed by atoms with Gasteiger partial charge in [0.15, 0.2) is 5.58 Å². The summed E-state index contributed by atoms with van der Waals surface area (Å²) < 4.78 is 85.0. The molecule has 19 heteroatoms. The Labute approximate surface area is 434 Å². The zero-order valence-corrected chi connectivity index (χ0v) is 43.1. The number of phenols is 1. The summed E-state index contributed by atoms with van der Waals surface area (Å²) >= 11 is 0. The van der Waals surface area contributed by atoms with Crippen LogP contribution in [-0.4, -0.2) is 115 Å². The average Bonchev–Trinajstić information content (AvgIpc) is 4.09. The molecule has 0 unspecified atom stereocenters. The molecular formula is C56H62F2N8O8S. The number of phenolic OH excluding ortho intramolecular Hbond substituents is 1. The summed E-state index contributed by atoms with van der Waals surface area (Å²) in [4.78, 5) is 32.9. The van der Waals surface area contributed by atoms with E-state index in [9.17, 15) is 18.3 Å². The van der Waals surface area contributed by atoms with Gasteiger partial charge in [0.1, 0.15) is 45.0 Å². The number of anilines is 2. The van der Waals surface area contributed by atoms with Crippen LogP contribution in [0.4, 0.5) is 20.2 Å². The molecule has 75 heavy (non-hydrogen) atoms. The Morgan fingerprint density at radius 2 is 1.77 bits per heavy atom. The Kier molecular flexibility index (Phi) is 13.7. The zero-order chi connectivity index (χ0) is 52.1. The number of benzene rings is 3. The summed E-state index contributed by atoms with van der Waals surface area (Å²) in [6.45, 7) is 9.54.